The Labute approximate surface area is 117 Å². The maximum Gasteiger partial charge on any atom is 0.251 e. The van der Waals surface area contributed by atoms with E-state index in [0.29, 0.717) is 6.04 Å². The molecule has 1 aromatic rings. The van der Waals surface area contributed by atoms with Gasteiger partial charge in [-0.05, 0) is 31.0 Å². The monoisotopic (exact) mass is 309 g/mol. The number of halogens is 1. The van der Waals surface area contributed by atoms with Crippen LogP contribution in [0.25, 0.3) is 0 Å². The van der Waals surface area contributed by atoms with E-state index in [4.69, 9.17) is 0 Å². The molecule has 18 heavy (non-hydrogen) atoms. The molecule has 2 rings (SSSR count). The maximum absolute atomic E-state index is 12.1. The highest BCUT2D eigenvalue weighted by Gasteiger charge is 2.15. The van der Waals surface area contributed by atoms with Gasteiger partial charge >= 0.3 is 0 Å². The van der Waals surface area contributed by atoms with Crippen molar-refractivity contribution in [3.63, 3.8) is 0 Å². The van der Waals surface area contributed by atoms with Crippen LogP contribution in [0.1, 0.15) is 55.3 Å². The first-order chi connectivity index (χ1) is 8.75. The summed E-state index contributed by atoms with van der Waals surface area (Å²) in [4.78, 5) is 12.1. The number of hydrogen-bond donors (Lipinski definition) is 1. The fraction of sp³-hybridized carbons (Fsp3) is 0.533. The summed E-state index contributed by atoms with van der Waals surface area (Å²) >= 11 is 3.40. The first-order valence-electron chi connectivity index (χ1n) is 6.82. The van der Waals surface area contributed by atoms with Crippen LogP contribution in [0, 0.1) is 0 Å². The van der Waals surface area contributed by atoms with Gasteiger partial charge in [0.15, 0.2) is 0 Å². The molecule has 1 N–H and O–H groups in total. The molecule has 1 fully saturated rings. The van der Waals surface area contributed by atoms with Gasteiger partial charge in [-0.2, -0.15) is 0 Å². The molecule has 0 atom stereocenters. The molecule has 0 radical (unpaired) electrons. The second kappa shape index (κ2) is 6.93. The van der Waals surface area contributed by atoms with Crippen LogP contribution in [0.2, 0.25) is 0 Å². The lowest BCUT2D eigenvalue weighted by Crippen LogP contribution is -2.35. The van der Waals surface area contributed by atoms with Crippen molar-refractivity contribution >= 4 is 21.8 Å². The van der Waals surface area contributed by atoms with Gasteiger partial charge in [-0.15, -0.1) is 0 Å². The van der Waals surface area contributed by atoms with E-state index in [2.05, 4.69) is 21.2 Å². The normalized spacial score (nSPS) is 17.8. The Balaban J connectivity index is 1.93. The first kappa shape index (κ1) is 13.6. The molecule has 0 heterocycles. The summed E-state index contributed by atoms with van der Waals surface area (Å²) in [5, 5.41) is 3.17. The van der Waals surface area contributed by atoms with Gasteiger partial charge in [0.1, 0.15) is 0 Å². The van der Waals surface area contributed by atoms with Crippen LogP contribution >= 0.6 is 15.9 Å². The fourth-order valence-electron chi connectivity index (χ4n) is 2.50. The molecule has 0 aromatic heterocycles. The van der Waals surface area contributed by atoms with E-state index in [1.54, 1.807) is 0 Å². The van der Waals surface area contributed by atoms with Gasteiger partial charge in [-0.1, -0.05) is 54.1 Å². The van der Waals surface area contributed by atoms with Gasteiger partial charge in [0.25, 0.3) is 5.91 Å². The number of hydrogen-bond acceptors (Lipinski definition) is 1. The first-order valence-corrected chi connectivity index (χ1v) is 7.61. The largest absolute Gasteiger partial charge is 0.349 e. The molecule has 1 aromatic carbocycles. The quantitative estimate of drug-likeness (QED) is 0.867. The molecule has 0 aliphatic heterocycles. The average molecular weight is 310 g/mol. The van der Waals surface area contributed by atoms with Crippen molar-refractivity contribution in [2.24, 2.45) is 0 Å². The van der Waals surface area contributed by atoms with E-state index in [9.17, 15) is 4.79 Å². The smallest absolute Gasteiger partial charge is 0.251 e. The molecule has 98 valence electrons. The molecule has 1 saturated carbocycles. The Kier molecular flexibility index (Phi) is 5.24. The van der Waals surface area contributed by atoms with Crippen molar-refractivity contribution < 1.29 is 4.79 Å². The van der Waals surface area contributed by atoms with Crippen LogP contribution < -0.4 is 5.32 Å². The molecule has 0 unspecified atom stereocenters. The number of carbonyl (C=O) groups excluding carboxylic acids is 1. The number of amides is 1. The van der Waals surface area contributed by atoms with Crippen molar-refractivity contribution in [1.29, 1.82) is 0 Å². The summed E-state index contributed by atoms with van der Waals surface area (Å²) < 4.78 is 0.952. The molecule has 0 bridgehead atoms. The predicted molar refractivity (Wildman–Crippen MR) is 77.7 cm³/mol. The summed E-state index contributed by atoms with van der Waals surface area (Å²) in [6.07, 6.45) is 8.70. The molecule has 3 heteroatoms. The maximum atomic E-state index is 12.1. The predicted octanol–water partition coefficient (Wildman–Crippen LogP) is 4.29. The second-order valence-corrected chi connectivity index (χ2v) is 5.94. The van der Waals surface area contributed by atoms with Gasteiger partial charge in [0.2, 0.25) is 0 Å². The SMILES string of the molecule is O=C(NC1CCCCCCC1)c1cccc(Br)c1. The minimum absolute atomic E-state index is 0.0573. The topological polar surface area (TPSA) is 29.1 Å². The Morgan fingerprint density at radius 1 is 1.11 bits per heavy atom. The zero-order chi connectivity index (χ0) is 12.8. The lowest BCUT2D eigenvalue weighted by molar-refractivity contribution is 0.0930. The molecule has 1 aliphatic carbocycles. The van der Waals surface area contributed by atoms with Gasteiger partial charge in [-0.25, -0.2) is 0 Å². The van der Waals surface area contributed by atoms with Crippen LogP contribution in [-0.2, 0) is 0 Å². The second-order valence-electron chi connectivity index (χ2n) is 5.03. The Bertz CT molecular complexity index is 397. The summed E-state index contributed by atoms with van der Waals surface area (Å²) in [6.45, 7) is 0. The number of rotatable bonds is 2. The van der Waals surface area contributed by atoms with Gasteiger partial charge in [0, 0.05) is 16.1 Å². The minimum Gasteiger partial charge on any atom is -0.349 e. The van der Waals surface area contributed by atoms with Crippen molar-refractivity contribution in [1.82, 2.24) is 5.32 Å². The zero-order valence-electron chi connectivity index (χ0n) is 10.6. The summed E-state index contributed by atoms with van der Waals surface area (Å²) in [6, 6.07) is 7.93. The Hall–Kier alpha value is -0.830. The molecule has 2 nitrogen and oxygen atoms in total. The molecule has 0 spiro atoms. The van der Waals surface area contributed by atoms with Crippen molar-refractivity contribution in [2.75, 3.05) is 0 Å². The van der Waals surface area contributed by atoms with Crippen LogP contribution in [0.15, 0.2) is 28.7 Å². The highest BCUT2D eigenvalue weighted by Crippen LogP contribution is 2.18. The lowest BCUT2D eigenvalue weighted by atomic mass is 9.96. The summed E-state index contributed by atoms with van der Waals surface area (Å²) in [5.41, 5.74) is 0.742. The summed E-state index contributed by atoms with van der Waals surface area (Å²) in [7, 11) is 0. The highest BCUT2D eigenvalue weighted by molar-refractivity contribution is 9.10. The van der Waals surface area contributed by atoms with Crippen LogP contribution in [0.4, 0.5) is 0 Å². The zero-order valence-corrected chi connectivity index (χ0v) is 12.2. The Morgan fingerprint density at radius 2 is 1.78 bits per heavy atom. The summed E-state index contributed by atoms with van der Waals surface area (Å²) in [5.74, 6) is 0.0573. The number of nitrogens with one attached hydrogen (secondary N) is 1. The van der Waals surface area contributed by atoms with E-state index in [1.165, 1.54) is 32.1 Å². The van der Waals surface area contributed by atoms with Crippen molar-refractivity contribution in [3.8, 4) is 0 Å². The minimum atomic E-state index is 0.0573. The molecular weight excluding hydrogens is 290 g/mol. The van der Waals surface area contributed by atoms with E-state index < -0.39 is 0 Å². The van der Waals surface area contributed by atoms with E-state index in [1.807, 2.05) is 24.3 Å². The lowest BCUT2D eigenvalue weighted by Gasteiger charge is -2.21. The molecule has 1 amide bonds. The highest BCUT2D eigenvalue weighted by atomic mass is 79.9. The van der Waals surface area contributed by atoms with Crippen LogP contribution in [0.3, 0.4) is 0 Å². The van der Waals surface area contributed by atoms with Crippen molar-refractivity contribution in [2.45, 2.75) is 51.0 Å². The van der Waals surface area contributed by atoms with E-state index in [0.717, 1.165) is 22.9 Å². The van der Waals surface area contributed by atoms with Gasteiger partial charge in [0.05, 0.1) is 0 Å². The molecule has 0 saturated heterocycles. The number of carbonyl (C=O) groups is 1. The van der Waals surface area contributed by atoms with Gasteiger partial charge < -0.3 is 5.32 Å². The third-order valence-electron chi connectivity index (χ3n) is 3.53. The Morgan fingerprint density at radius 3 is 2.44 bits per heavy atom. The van der Waals surface area contributed by atoms with E-state index >= 15 is 0 Å². The average Bonchev–Trinajstić information content (AvgIpc) is 2.32. The van der Waals surface area contributed by atoms with Gasteiger partial charge in [-0.3, -0.25) is 4.79 Å². The third-order valence-corrected chi connectivity index (χ3v) is 4.02. The molecular formula is C15H20BrNO. The fourth-order valence-corrected chi connectivity index (χ4v) is 2.90. The van der Waals surface area contributed by atoms with E-state index in [-0.39, 0.29) is 5.91 Å². The van der Waals surface area contributed by atoms with Crippen LogP contribution in [0.5, 0.6) is 0 Å². The standard InChI is InChI=1S/C15H20BrNO/c16-13-8-6-7-12(11-13)15(18)17-14-9-4-2-1-3-5-10-14/h6-8,11,14H,1-5,9-10H2,(H,17,18). The molecule has 1 aliphatic rings. The third kappa shape index (κ3) is 4.13. The van der Waals surface area contributed by atoms with Crippen LogP contribution in [-0.4, -0.2) is 11.9 Å². The van der Waals surface area contributed by atoms with Crippen molar-refractivity contribution in [3.05, 3.63) is 34.3 Å². The number of benzene rings is 1.